The van der Waals surface area contributed by atoms with Crippen LogP contribution in [0.4, 0.5) is 5.69 Å². The summed E-state index contributed by atoms with van der Waals surface area (Å²) in [6, 6.07) is 0. The number of aromatic hydroxyl groups is 2. The fraction of sp³-hybridized carbons (Fsp3) is 0.444. The lowest BCUT2D eigenvalue weighted by atomic mass is 9.91. The van der Waals surface area contributed by atoms with Gasteiger partial charge in [-0.15, -0.1) is 12.4 Å². The lowest BCUT2D eigenvalue weighted by Gasteiger charge is -2.37. The third-order valence-electron chi connectivity index (χ3n) is 4.72. The summed E-state index contributed by atoms with van der Waals surface area (Å²) in [5.74, 6) is -1.98. The topological polar surface area (TPSA) is 111 Å². The molecule has 1 aliphatic carbocycles. The number of carbonyl (C=O) groups is 2. The molecule has 1 aliphatic heterocycles. The van der Waals surface area contributed by atoms with Gasteiger partial charge < -0.3 is 25.0 Å². The Bertz CT molecular complexity index is 791. The molecule has 0 atom stereocenters. The van der Waals surface area contributed by atoms with E-state index in [0.29, 0.717) is 45.9 Å². The minimum Gasteiger partial charge on any atom is -0.505 e. The van der Waals surface area contributed by atoms with Gasteiger partial charge in [-0.3, -0.25) is 14.5 Å². The monoisotopic (exact) mass is 432 g/mol. The predicted molar refractivity (Wildman–Crippen MR) is 106 cm³/mol. The Labute approximate surface area is 173 Å². The molecule has 2 aliphatic rings. The number of rotatable bonds is 6. The molecule has 3 N–H and O–H groups in total. The number of halogens is 2. The molecule has 0 radical (unpaired) electrons. The first-order valence-electron chi connectivity index (χ1n) is 8.65. The van der Waals surface area contributed by atoms with Crippen LogP contribution in [0.25, 0.3) is 0 Å². The van der Waals surface area contributed by atoms with E-state index in [1.807, 2.05) is 0 Å². The predicted octanol–water partition coefficient (Wildman–Crippen LogP) is 1.24. The van der Waals surface area contributed by atoms with E-state index in [0.717, 1.165) is 12.2 Å². The minimum absolute atomic E-state index is 0. The number of piperazine rings is 1. The van der Waals surface area contributed by atoms with Crippen LogP contribution in [-0.4, -0.2) is 84.3 Å². The van der Waals surface area contributed by atoms with E-state index in [1.165, 1.54) is 0 Å². The number of nitrogens with zero attached hydrogens (tertiary/aromatic N) is 2. The summed E-state index contributed by atoms with van der Waals surface area (Å²) in [5, 5.41) is 29.6. The fourth-order valence-electron chi connectivity index (χ4n) is 3.32. The Kier molecular flexibility index (Phi) is 7.68. The van der Waals surface area contributed by atoms with Crippen LogP contribution in [0.1, 0.15) is 20.7 Å². The molecule has 0 spiro atoms. The van der Waals surface area contributed by atoms with E-state index in [4.69, 9.17) is 21.4 Å². The van der Waals surface area contributed by atoms with Crippen LogP contribution in [0.5, 0.6) is 11.5 Å². The average Bonchev–Trinajstić information content (AvgIpc) is 2.66. The van der Waals surface area contributed by atoms with Crippen molar-refractivity contribution in [3.63, 3.8) is 0 Å². The number of fused-ring (bicyclic) bond motifs is 1. The second-order valence-corrected chi connectivity index (χ2v) is 6.71. The van der Waals surface area contributed by atoms with Crippen molar-refractivity contribution >= 4 is 41.3 Å². The molecule has 8 nitrogen and oxygen atoms in total. The largest absolute Gasteiger partial charge is 0.505 e. The van der Waals surface area contributed by atoms with Gasteiger partial charge in [0, 0.05) is 32.7 Å². The third kappa shape index (κ3) is 4.26. The quantitative estimate of drug-likeness (QED) is 0.454. The van der Waals surface area contributed by atoms with Crippen LogP contribution in [0.3, 0.4) is 0 Å². The maximum absolute atomic E-state index is 12.2. The van der Waals surface area contributed by atoms with Crippen molar-refractivity contribution in [1.82, 2.24) is 4.90 Å². The molecule has 1 aromatic rings. The van der Waals surface area contributed by atoms with Gasteiger partial charge in [0.2, 0.25) is 0 Å². The van der Waals surface area contributed by atoms with Crippen molar-refractivity contribution in [1.29, 1.82) is 0 Å². The fourth-order valence-corrected chi connectivity index (χ4v) is 3.63. The van der Waals surface area contributed by atoms with E-state index in [9.17, 15) is 19.8 Å². The van der Waals surface area contributed by atoms with Crippen LogP contribution in [0.15, 0.2) is 12.2 Å². The Morgan fingerprint density at radius 1 is 0.964 bits per heavy atom. The maximum Gasteiger partial charge on any atom is 0.190 e. The van der Waals surface area contributed by atoms with Gasteiger partial charge in [-0.05, 0) is 12.2 Å². The molecular formula is C18H22Cl2N2O6. The van der Waals surface area contributed by atoms with E-state index in [1.54, 1.807) is 4.90 Å². The first-order valence-corrected chi connectivity index (χ1v) is 9.03. The van der Waals surface area contributed by atoms with Gasteiger partial charge in [0.25, 0.3) is 0 Å². The molecule has 10 heteroatoms. The van der Waals surface area contributed by atoms with E-state index >= 15 is 0 Å². The van der Waals surface area contributed by atoms with Crippen LogP contribution < -0.4 is 4.90 Å². The zero-order chi connectivity index (χ0) is 19.6. The second-order valence-electron chi connectivity index (χ2n) is 6.34. The summed E-state index contributed by atoms with van der Waals surface area (Å²) in [7, 11) is 0. The van der Waals surface area contributed by atoms with Crippen LogP contribution in [0.2, 0.25) is 5.02 Å². The molecule has 0 aromatic heterocycles. The molecule has 3 rings (SSSR count). The number of ketones is 2. The van der Waals surface area contributed by atoms with E-state index in [-0.39, 0.29) is 46.6 Å². The Morgan fingerprint density at radius 3 is 2.11 bits per heavy atom. The van der Waals surface area contributed by atoms with E-state index in [2.05, 4.69) is 4.90 Å². The molecule has 1 aromatic carbocycles. The lowest BCUT2D eigenvalue weighted by Crippen LogP contribution is -2.47. The van der Waals surface area contributed by atoms with Crippen molar-refractivity contribution in [3.8, 4) is 11.5 Å². The second kappa shape index (κ2) is 9.58. The smallest absolute Gasteiger partial charge is 0.190 e. The first-order chi connectivity index (χ1) is 13.0. The Morgan fingerprint density at radius 2 is 1.54 bits per heavy atom. The number of allylic oxidation sites excluding steroid dienone is 2. The summed E-state index contributed by atoms with van der Waals surface area (Å²) >= 11 is 6.24. The lowest BCUT2D eigenvalue weighted by molar-refractivity contribution is 0.0724. The van der Waals surface area contributed by atoms with Crippen molar-refractivity contribution in [2.75, 3.05) is 57.4 Å². The van der Waals surface area contributed by atoms with Crippen LogP contribution in [-0.2, 0) is 4.74 Å². The third-order valence-corrected chi connectivity index (χ3v) is 5.08. The van der Waals surface area contributed by atoms with Crippen molar-refractivity contribution in [2.24, 2.45) is 0 Å². The standard InChI is InChI=1S/C18H21ClN2O6.ClH/c19-15-16(21-5-3-20(4-6-21)7-9-27-10-8-22)18(26)14-12(24)2-1-11(23)13(14)17(15)25;/h1-2,22,25-26H,3-10H2;1H. The highest BCUT2D eigenvalue weighted by atomic mass is 35.5. The highest BCUT2D eigenvalue weighted by molar-refractivity contribution is 6.37. The highest BCUT2D eigenvalue weighted by Gasteiger charge is 2.34. The van der Waals surface area contributed by atoms with Gasteiger partial charge in [-0.1, -0.05) is 11.6 Å². The average molecular weight is 433 g/mol. The molecule has 0 unspecified atom stereocenters. The molecule has 0 saturated carbocycles. The summed E-state index contributed by atoms with van der Waals surface area (Å²) in [6.45, 7) is 3.89. The molecule has 1 fully saturated rings. The molecule has 154 valence electrons. The molecule has 0 amide bonds. The number of anilines is 1. The summed E-state index contributed by atoms with van der Waals surface area (Å²) in [4.78, 5) is 28.1. The van der Waals surface area contributed by atoms with Crippen molar-refractivity contribution < 1.29 is 29.6 Å². The van der Waals surface area contributed by atoms with Gasteiger partial charge >= 0.3 is 0 Å². The van der Waals surface area contributed by atoms with Crippen LogP contribution >= 0.6 is 24.0 Å². The van der Waals surface area contributed by atoms with Crippen LogP contribution in [0, 0.1) is 0 Å². The molecule has 1 saturated heterocycles. The molecule has 28 heavy (non-hydrogen) atoms. The number of hydrogen-bond donors (Lipinski definition) is 3. The van der Waals surface area contributed by atoms with E-state index < -0.39 is 17.3 Å². The van der Waals surface area contributed by atoms with Crippen molar-refractivity contribution in [2.45, 2.75) is 0 Å². The number of ether oxygens (including phenoxy) is 1. The van der Waals surface area contributed by atoms with Gasteiger partial charge in [-0.2, -0.15) is 0 Å². The number of aliphatic hydroxyl groups excluding tert-OH is 1. The van der Waals surface area contributed by atoms with Gasteiger partial charge in [-0.25, -0.2) is 0 Å². The molecule has 0 bridgehead atoms. The molecule has 1 heterocycles. The van der Waals surface area contributed by atoms with Crippen molar-refractivity contribution in [3.05, 3.63) is 28.3 Å². The highest BCUT2D eigenvalue weighted by Crippen LogP contribution is 2.48. The number of carbonyl (C=O) groups excluding carboxylic acids is 2. The molecular weight excluding hydrogens is 411 g/mol. The minimum atomic E-state index is -0.571. The normalized spacial score (nSPS) is 16.9. The van der Waals surface area contributed by atoms with Gasteiger partial charge in [0.05, 0.1) is 30.9 Å². The van der Waals surface area contributed by atoms with Gasteiger partial charge in [0.1, 0.15) is 16.5 Å². The zero-order valence-electron chi connectivity index (χ0n) is 15.1. The number of hydrogen-bond acceptors (Lipinski definition) is 8. The summed E-state index contributed by atoms with van der Waals surface area (Å²) in [5.41, 5.74) is -0.298. The summed E-state index contributed by atoms with van der Waals surface area (Å²) in [6.07, 6.45) is 2.13. The Balaban J connectivity index is 0.00000280. The number of phenols is 2. The first kappa shape index (κ1) is 22.4. The SMILES string of the molecule is Cl.O=C1C=CC(=O)c2c(O)c(N3CCN(CCOCCO)CC3)c(Cl)c(O)c21. The zero-order valence-corrected chi connectivity index (χ0v) is 16.6. The Hall–Kier alpha value is -1.84. The maximum atomic E-state index is 12.2. The number of aliphatic hydroxyl groups is 1. The number of phenolic OH excluding ortho intramolecular Hbond substituents is 2. The summed E-state index contributed by atoms with van der Waals surface area (Å²) < 4.78 is 5.26. The van der Waals surface area contributed by atoms with Gasteiger partial charge in [0.15, 0.2) is 17.3 Å². The number of benzene rings is 1.